The maximum atomic E-state index is 13.2. The number of halogens is 1. The van der Waals surface area contributed by atoms with E-state index in [1.807, 2.05) is 34.3 Å². The second kappa shape index (κ2) is 7.75. The molecule has 0 saturated carbocycles. The summed E-state index contributed by atoms with van der Waals surface area (Å²) in [5.74, 6) is -1.21. The first kappa shape index (κ1) is 19.6. The molecule has 8 nitrogen and oxygen atoms in total. The Bertz CT molecular complexity index is 1550. The molecule has 0 saturated heterocycles. The highest BCUT2D eigenvalue weighted by atomic mass is 32.1. The van der Waals surface area contributed by atoms with Crippen molar-refractivity contribution in [3.05, 3.63) is 105 Å². The molecule has 32 heavy (non-hydrogen) atoms. The molecule has 3 aromatic heterocycles. The summed E-state index contributed by atoms with van der Waals surface area (Å²) in [6.45, 7) is 0. The molecule has 0 atom stereocenters. The van der Waals surface area contributed by atoms with Crippen LogP contribution in [0.5, 0.6) is 0 Å². The Kier molecular flexibility index (Phi) is 4.75. The zero-order chi connectivity index (χ0) is 22.2. The van der Waals surface area contributed by atoms with Crippen molar-refractivity contribution in [1.82, 2.24) is 18.9 Å². The number of fused-ring (bicyclic) bond motifs is 1. The third kappa shape index (κ3) is 3.42. The van der Waals surface area contributed by atoms with Crippen LogP contribution in [0.4, 0.5) is 10.1 Å². The van der Waals surface area contributed by atoms with Gasteiger partial charge in [-0.1, -0.05) is 18.2 Å². The van der Waals surface area contributed by atoms with Gasteiger partial charge in [-0.3, -0.25) is 14.0 Å². The largest absolute Gasteiger partial charge is 0.333 e. The van der Waals surface area contributed by atoms with Gasteiger partial charge in [0.15, 0.2) is 4.96 Å². The molecule has 0 aliphatic carbocycles. The lowest BCUT2D eigenvalue weighted by atomic mass is 10.1. The van der Waals surface area contributed by atoms with Gasteiger partial charge in [-0.25, -0.2) is 18.7 Å². The van der Waals surface area contributed by atoms with Gasteiger partial charge in [-0.05, 0) is 30.3 Å². The minimum Gasteiger partial charge on any atom is -0.321 e. The van der Waals surface area contributed by atoms with Crippen LogP contribution < -0.4 is 16.6 Å². The molecule has 0 radical (unpaired) electrons. The maximum absolute atomic E-state index is 13.2. The number of anilines is 1. The first-order chi connectivity index (χ1) is 15.5. The lowest BCUT2D eigenvalue weighted by molar-refractivity contribution is 0.102. The number of rotatable bonds is 4. The van der Waals surface area contributed by atoms with Crippen molar-refractivity contribution >= 4 is 27.9 Å². The van der Waals surface area contributed by atoms with Crippen LogP contribution in [0.15, 0.2) is 82.1 Å². The predicted octanol–water partition coefficient (Wildman–Crippen LogP) is 3.29. The number of carbonyl (C=O) groups is 1. The zero-order valence-corrected chi connectivity index (χ0v) is 17.1. The Balaban J connectivity index is 1.52. The summed E-state index contributed by atoms with van der Waals surface area (Å²) in [7, 11) is 0. The Morgan fingerprint density at radius 3 is 2.66 bits per heavy atom. The molecule has 2 N–H and O–H groups in total. The normalized spacial score (nSPS) is 11.0. The molecule has 0 aliphatic rings. The number of nitrogens with one attached hydrogen (secondary N) is 2. The number of hydrogen-bond donors (Lipinski definition) is 2. The van der Waals surface area contributed by atoms with E-state index in [0.717, 1.165) is 27.9 Å². The van der Waals surface area contributed by atoms with Crippen molar-refractivity contribution in [2.75, 3.05) is 5.32 Å². The summed E-state index contributed by atoms with van der Waals surface area (Å²) < 4.78 is 15.9. The Morgan fingerprint density at radius 1 is 1.09 bits per heavy atom. The van der Waals surface area contributed by atoms with Crippen LogP contribution in [-0.4, -0.2) is 24.8 Å². The third-order valence-corrected chi connectivity index (χ3v) is 5.62. The van der Waals surface area contributed by atoms with Crippen molar-refractivity contribution in [3.8, 4) is 16.9 Å². The standard InChI is InChI=1S/C22H14FN5O3S/c23-13-5-7-14(8-6-13)28-20(30)16(11-24-21(28)31)19(29)25-17-4-2-1-3-15(17)18-12-27-9-10-32-22(27)26-18/h1-12H,(H,24,31)(H,25,29). The van der Waals surface area contributed by atoms with E-state index < -0.39 is 23.0 Å². The molecule has 3 heterocycles. The molecule has 2 aromatic carbocycles. The number of hydrogen-bond acceptors (Lipinski definition) is 5. The van der Waals surface area contributed by atoms with E-state index in [4.69, 9.17) is 0 Å². The Morgan fingerprint density at radius 2 is 1.88 bits per heavy atom. The fourth-order valence-corrected chi connectivity index (χ4v) is 4.02. The fourth-order valence-electron chi connectivity index (χ4n) is 3.32. The first-order valence-corrected chi connectivity index (χ1v) is 10.3. The first-order valence-electron chi connectivity index (χ1n) is 9.45. The number of aromatic nitrogens is 4. The smallest absolute Gasteiger partial charge is 0.321 e. The minimum atomic E-state index is -0.821. The fraction of sp³-hybridized carbons (Fsp3) is 0. The molecule has 0 spiro atoms. The van der Waals surface area contributed by atoms with Crippen molar-refractivity contribution in [1.29, 1.82) is 0 Å². The lowest BCUT2D eigenvalue weighted by Gasteiger charge is -2.10. The van der Waals surface area contributed by atoms with Gasteiger partial charge in [0.05, 0.1) is 17.1 Å². The van der Waals surface area contributed by atoms with Gasteiger partial charge in [0.25, 0.3) is 11.5 Å². The zero-order valence-electron chi connectivity index (χ0n) is 16.3. The number of aromatic amines is 1. The van der Waals surface area contributed by atoms with E-state index in [-0.39, 0.29) is 11.3 Å². The van der Waals surface area contributed by atoms with Gasteiger partial charge in [0.1, 0.15) is 11.4 Å². The number of H-pyrrole nitrogens is 1. The number of carbonyl (C=O) groups excluding carboxylic acids is 1. The highest BCUT2D eigenvalue weighted by molar-refractivity contribution is 7.15. The molecule has 0 fully saturated rings. The van der Waals surface area contributed by atoms with E-state index in [2.05, 4.69) is 15.3 Å². The maximum Gasteiger partial charge on any atom is 0.333 e. The van der Waals surface area contributed by atoms with E-state index in [1.165, 1.54) is 23.5 Å². The van der Waals surface area contributed by atoms with E-state index in [9.17, 15) is 18.8 Å². The van der Waals surface area contributed by atoms with Crippen LogP contribution in [-0.2, 0) is 0 Å². The SMILES string of the molecule is O=C(Nc1ccccc1-c1cn2ccsc2n1)c1c[nH]c(=O)n(-c2ccc(F)cc2)c1=O. The number of thiazole rings is 1. The molecule has 158 valence electrons. The van der Waals surface area contributed by atoms with Crippen molar-refractivity contribution < 1.29 is 9.18 Å². The van der Waals surface area contributed by atoms with E-state index >= 15 is 0 Å². The second-order valence-electron chi connectivity index (χ2n) is 6.84. The highest BCUT2D eigenvalue weighted by Gasteiger charge is 2.18. The van der Waals surface area contributed by atoms with Gasteiger partial charge < -0.3 is 10.3 Å². The topological polar surface area (TPSA) is 101 Å². The Hall–Kier alpha value is -4.31. The van der Waals surface area contributed by atoms with Crippen molar-refractivity contribution in [2.45, 2.75) is 0 Å². The lowest BCUT2D eigenvalue weighted by Crippen LogP contribution is -2.38. The molecular formula is C22H14FN5O3S. The molecule has 0 unspecified atom stereocenters. The monoisotopic (exact) mass is 447 g/mol. The summed E-state index contributed by atoms with van der Waals surface area (Å²) in [5, 5.41) is 4.65. The van der Waals surface area contributed by atoms with Gasteiger partial charge in [0.2, 0.25) is 0 Å². The van der Waals surface area contributed by atoms with Crippen molar-refractivity contribution in [2.24, 2.45) is 0 Å². The van der Waals surface area contributed by atoms with Crippen LogP contribution in [0.1, 0.15) is 10.4 Å². The minimum absolute atomic E-state index is 0.144. The third-order valence-electron chi connectivity index (χ3n) is 4.85. The van der Waals surface area contributed by atoms with E-state index in [1.54, 1.807) is 12.1 Å². The molecule has 10 heteroatoms. The molecule has 5 rings (SSSR count). The molecular weight excluding hydrogens is 433 g/mol. The number of imidazole rings is 1. The number of benzene rings is 2. The highest BCUT2D eigenvalue weighted by Crippen LogP contribution is 2.28. The van der Waals surface area contributed by atoms with Crippen molar-refractivity contribution in [3.63, 3.8) is 0 Å². The number of amides is 1. The average Bonchev–Trinajstić information content (AvgIpc) is 3.38. The van der Waals surface area contributed by atoms with Crippen LogP contribution in [0.25, 0.3) is 21.9 Å². The molecule has 0 bridgehead atoms. The van der Waals surface area contributed by atoms with Crippen LogP contribution in [0.2, 0.25) is 0 Å². The van der Waals surface area contributed by atoms with Crippen LogP contribution in [0.3, 0.4) is 0 Å². The summed E-state index contributed by atoms with van der Waals surface area (Å²) >= 11 is 1.49. The second-order valence-corrected chi connectivity index (χ2v) is 7.72. The van der Waals surface area contributed by atoms with Gasteiger partial charge in [-0.2, -0.15) is 0 Å². The molecule has 5 aromatic rings. The predicted molar refractivity (Wildman–Crippen MR) is 119 cm³/mol. The molecule has 1 amide bonds. The van der Waals surface area contributed by atoms with Gasteiger partial charge in [0, 0.05) is 29.5 Å². The van der Waals surface area contributed by atoms with Gasteiger partial charge in [-0.15, -0.1) is 11.3 Å². The summed E-state index contributed by atoms with van der Waals surface area (Å²) in [5.41, 5.74) is 0.120. The number of nitrogens with zero attached hydrogens (tertiary/aromatic N) is 3. The van der Waals surface area contributed by atoms with E-state index in [0.29, 0.717) is 16.9 Å². The summed E-state index contributed by atoms with van der Waals surface area (Å²) in [4.78, 5) is 45.9. The Labute approximate surface area is 183 Å². The molecule has 0 aliphatic heterocycles. The summed E-state index contributed by atoms with van der Waals surface area (Å²) in [6, 6.07) is 11.9. The van der Waals surface area contributed by atoms with Gasteiger partial charge >= 0.3 is 5.69 Å². The average molecular weight is 447 g/mol. The summed E-state index contributed by atoms with van der Waals surface area (Å²) in [6.07, 6.45) is 4.80. The quantitative estimate of drug-likeness (QED) is 0.441. The van der Waals surface area contributed by atoms with Crippen LogP contribution in [0, 0.1) is 5.82 Å². The number of para-hydroxylation sites is 1. The van der Waals surface area contributed by atoms with Crippen LogP contribution >= 0.6 is 11.3 Å².